The average molecular weight is 326 g/mol. The molecule has 0 aliphatic rings. The van der Waals surface area contributed by atoms with Crippen LogP contribution < -0.4 is 15.2 Å². The standard InChI is InChI=1S/C16H26N2O3S/c1-11-8-14(20-3)15(21-4)9-12(11)10-18(2)16(19)13(17)6-7-22-5/h8-9,13H,6-7,10,17H2,1-5H3/t13-/m0/s1. The van der Waals surface area contributed by atoms with Gasteiger partial charge in [0.15, 0.2) is 11.5 Å². The second kappa shape index (κ2) is 8.90. The number of methoxy groups -OCH3 is 2. The van der Waals surface area contributed by atoms with Gasteiger partial charge in [-0.15, -0.1) is 0 Å². The summed E-state index contributed by atoms with van der Waals surface area (Å²) in [5.41, 5.74) is 8.02. The van der Waals surface area contributed by atoms with Crippen LogP contribution in [0.1, 0.15) is 17.5 Å². The number of nitrogens with zero attached hydrogens (tertiary/aromatic N) is 1. The van der Waals surface area contributed by atoms with E-state index in [0.717, 1.165) is 16.9 Å². The Morgan fingerprint density at radius 1 is 1.32 bits per heavy atom. The molecule has 5 nitrogen and oxygen atoms in total. The molecule has 0 heterocycles. The van der Waals surface area contributed by atoms with Crippen LogP contribution in [0.4, 0.5) is 0 Å². The number of nitrogens with two attached hydrogens (primary N) is 1. The SMILES string of the molecule is COc1cc(C)c(CN(C)C(=O)[C@@H](N)CCSC)cc1OC. The Balaban J connectivity index is 2.83. The molecule has 0 saturated carbocycles. The molecule has 6 heteroatoms. The zero-order chi connectivity index (χ0) is 16.7. The van der Waals surface area contributed by atoms with Gasteiger partial charge < -0.3 is 20.1 Å². The maximum Gasteiger partial charge on any atom is 0.239 e. The second-order valence-corrected chi connectivity index (χ2v) is 6.20. The zero-order valence-corrected chi connectivity index (χ0v) is 14.8. The lowest BCUT2D eigenvalue weighted by molar-refractivity contribution is -0.131. The summed E-state index contributed by atoms with van der Waals surface area (Å²) in [6, 6.07) is 3.38. The van der Waals surface area contributed by atoms with Crippen LogP contribution in [0.2, 0.25) is 0 Å². The van der Waals surface area contributed by atoms with Crippen LogP contribution in [-0.4, -0.2) is 50.1 Å². The summed E-state index contributed by atoms with van der Waals surface area (Å²) in [6.45, 7) is 2.49. The molecule has 1 atom stereocenters. The molecule has 1 aromatic carbocycles. The van der Waals surface area contributed by atoms with Gasteiger partial charge in [0.05, 0.1) is 20.3 Å². The Hall–Kier alpha value is -1.40. The van der Waals surface area contributed by atoms with Gasteiger partial charge in [0.1, 0.15) is 0 Å². The van der Waals surface area contributed by atoms with Gasteiger partial charge in [-0.25, -0.2) is 0 Å². The fourth-order valence-electron chi connectivity index (χ4n) is 2.18. The normalized spacial score (nSPS) is 11.9. The summed E-state index contributed by atoms with van der Waals surface area (Å²) in [5, 5.41) is 0. The van der Waals surface area contributed by atoms with E-state index in [4.69, 9.17) is 15.2 Å². The molecule has 2 N–H and O–H groups in total. The number of thioether (sulfide) groups is 1. The highest BCUT2D eigenvalue weighted by Gasteiger charge is 2.19. The lowest BCUT2D eigenvalue weighted by Gasteiger charge is -2.23. The Morgan fingerprint density at radius 3 is 2.45 bits per heavy atom. The smallest absolute Gasteiger partial charge is 0.239 e. The molecule has 0 spiro atoms. The van der Waals surface area contributed by atoms with Crippen molar-refractivity contribution in [3.8, 4) is 11.5 Å². The maximum absolute atomic E-state index is 12.3. The number of hydrogen-bond donors (Lipinski definition) is 1. The van der Waals surface area contributed by atoms with Crippen molar-refractivity contribution in [1.29, 1.82) is 0 Å². The van der Waals surface area contributed by atoms with Crippen molar-refractivity contribution < 1.29 is 14.3 Å². The van der Waals surface area contributed by atoms with Crippen molar-refractivity contribution in [2.75, 3.05) is 33.3 Å². The van der Waals surface area contributed by atoms with E-state index in [0.29, 0.717) is 24.5 Å². The summed E-state index contributed by atoms with van der Waals surface area (Å²) < 4.78 is 10.6. The highest BCUT2D eigenvalue weighted by Crippen LogP contribution is 2.30. The number of aryl methyl sites for hydroxylation is 1. The van der Waals surface area contributed by atoms with Gasteiger partial charge in [-0.3, -0.25) is 4.79 Å². The van der Waals surface area contributed by atoms with Gasteiger partial charge in [-0.05, 0) is 48.6 Å². The first-order valence-corrected chi connectivity index (χ1v) is 8.55. The van der Waals surface area contributed by atoms with Crippen LogP contribution in [0.3, 0.4) is 0 Å². The van der Waals surface area contributed by atoms with Crippen molar-refractivity contribution in [2.45, 2.75) is 25.9 Å². The molecule has 0 aromatic heterocycles. The van der Waals surface area contributed by atoms with E-state index in [-0.39, 0.29) is 5.91 Å². The largest absolute Gasteiger partial charge is 0.493 e. The number of hydrogen-bond acceptors (Lipinski definition) is 5. The molecule has 0 aliphatic heterocycles. The topological polar surface area (TPSA) is 64.8 Å². The molecular weight excluding hydrogens is 300 g/mol. The van der Waals surface area contributed by atoms with E-state index in [2.05, 4.69) is 0 Å². The number of amides is 1. The second-order valence-electron chi connectivity index (χ2n) is 5.22. The molecule has 0 unspecified atom stereocenters. The van der Waals surface area contributed by atoms with Gasteiger partial charge in [0.25, 0.3) is 0 Å². The van der Waals surface area contributed by atoms with Gasteiger partial charge in [0.2, 0.25) is 5.91 Å². The highest BCUT2D eigenvalue weighted by molar-refractivity contribution is 7.98. The summed E-state index contributed by atoms with van der Waals surface area (Å²) >= 11 is 1.69. The van der Waals surface area contributed by atoms with Crippen LogP contribution in [0.5, 0.6) is 11.5 Å². The Bertz CT molecular complexity index is 508. The molecule has 0 fully saturated rings. The van der Waals surface area contributed by atoms with Gasteiger partial charge in [-0.1, -0.05) is 0 Å². The zero-order valence-electron chi connectivity index (χ0n) is 14.0. The van der Waals surface area contributed by atoms with E-state index >= 15 is 0 Å². The third-order valence-corrected chi connectivity index (χ3v) is 4.22. The quantitative estimate of drug-likeness (QED) is 0.792. The minimum absolute atomic E-state index is 0.0387. The molecule has 0 bridgehead atoms. The predicted octanol–water partition coefficient (Wildman–Crippen LogP) is 2.05. The number of carbonyl (C=O) groups is 1. The van der Waals surface area contributed by atoms with Crippen molar-refractivity contribution in [3.05, 3.63) is 23.3 Å². The monoisotopic (exact) mass is 326 g/mol. The van der Waals surface area contributed by atoms with Gasteiger partial charge in [0, 0.05) is 13.6 Å². The van der Waals surface area contributed by atoms with Crippen molar-refractivity contribution >= 4 is 17.7 Å². The number of likely N-dealkylation sites (N-methyl/N-ethyl adjacent to an activating group) is 1. The fourth-order valence-corrected chi connectivity index (χ4v) is 2.67. The first-order valence-electron chi connectivity index (χ1n) is 7.15. The van der Waals surface area contributed by atoms with E-state index in [9.17, 15) is 4.79 Å². The number of rotatable bonds is 8. The number of ether oxygens (including phenoxy) is 2. The van der Waals surface area contributed by atoms with Crippen LogP contribution >= 0.6 is 11.8 Å². The highest BCUT2D eigenvalue weighted by atomic mass is 32.2. The Labute approximate surface area is 137 Å². The molecule has 124 valence electrons. The van der Waals surface area contributed by atoms with E-state index < -0.39 is 6.04 Å². The van der Waals surface area contributed by atoms with Crippen molar-refractivity contribution in [2.24, 2.45) is 5.73 Å². The van der Waals surface area contributed by atoms with Gasteiger partial charge in [-0.2, -0.15) is 11.8 Å². The molecule has 1 amide bonds. The van der Waals surface area contributed by atoms with Crippen molar-refractivity contribution in [3.63, 3.8) is 0 Å². The molecule has 22 heavy (non-hydrogen) atoms. The summed E-state index contributed by atoms with van der Waals surface area (Å²) in [4.78, 5) is 13.9. The van der Waals surface area contributed by atoms with Gasteiger partial charge >= 0.3 is 0 Å². The predicted molar refractivity (Wildman–Crippen MR) is 91.7 cm³/mol. The molecular formula is C16H26N2O3S. The average Bonchev–Trinajstić information content (AvgIpc) is 2.52. The lowest BCUT2D eigenvalue weighted by Crippen LogP contribution is -2.41. The fraction of sp³-hybridized carbons (Fsp3) is 0.562. The number of carbonyl (C=O) groups excluding carboxylic acids is 1. The third kappa shape index (κ3) is 4.81. The minimum Gasteiger partial charge on any atom is -0.493 e. The molecule has 0 radical (unpaired) electrons. The third-order valence-electron chi connectivity index (χ3n) is 3.58. The van der Waals surface area contributed by atoms with Crippen LogP contribution in [0.25, 0.3) is 0 Å². The van der Waals surface area contributed by atoms with Crippen LogP contribution in [0.15, 0.2) is 12.1 Å². The number of benzene rings is 1. The van der Waals surface area contributed by atoms with E-state index in [1.54, 1.807) is 37.9 Å². The minimum atomic E-state index is -0.446. The summed E-state index contributed by atoms with van der Waals surface area (Å²) in [5.74, 6) is 2.20. The van der Waals surface area contributed by atoms with Crippen LogP contribution in [0, 0.1) is 6.92 Å². The maximum atomic E-state index is 12.3. The van der Waals surface area contributed by atoms with Crippen LogP contribution in [-0.2, 0) is 11.3 Å². The van der Waals surface area contributed by atoms with E-state index in [1.165, 1.54) is 0 Å². The molecule has 1 aromatic rings. The lowest BCUT2D eigenvalue weighted by atomic mass is 10.1. The Morgan fingerprint density at radius 2 is 1.91 bits per heavy atom. The molecule has 0 aliphatic carbocycles. The molecule has 0 saturated heterocycles. The van der Waals surface area contributed by atoms with E-state index in [1.807, 2.05) is 25.3 Å². The first kappa shape index (κ1) is 18.6. The Kier molecular flexibility index (Phi) is 7.55. The van der Waals surface area contributed by atoms with Crippen molar-refractivity contribution in [1.82, 2.24) is 4.90 Å². The summed E-state index contributed by atoms with van der Waals surface area (Å²) in [7, 11) is 4.99. The first-order chi connectivity index (χ1) is 10.4. The molecule has 1 rings (SSSR count). The summed E-state index contributed by atoms with van der Waals surface area (Å²) in [6.07, 6.45) is 2.70.